The Kier molecular flexibility index (Phi) is 3.51. The molecule has 4 aromatic rings. The molecule has 1 amide bonds. The zero-order chi connectivity index (χ0) is 16.4. The fraction of sp³-hybridized carbons (Fsp3) is 0.0588. The highest BCUT2D eigenvalue weighted by Gasteiger charge is 2.09. The van der Waals surface area contributed by atoms with Gasteiger partial charge in [0.05, 0.1) is 17.6 Å². The summed E-state index contributed by atoms with van der Waals surface area (Å²) in [7, 11) is 0. The lowest BCUT2D eigenvalue weighted by atomic mass is 10.2. The second-order valence-corrected chi connectivity index (χ2v) is 5.26. The van der Waals surface area contributed by atoms with Crippen LogP contribution in [0, 0.1) is 0 Å². The average molecular weight is 318 g/mol. The topological polar surface area (TPSA) is 88.5 Å². The number of hydrogen-bond donors (Lipinski definition) is 2. The van der Waals surface area contributed by atoms with Crippen LogP contribution >= 0.6 is 0 Å². The maximum atomic E-state index is 12.3. The zero-order valence-electron chi connectivity index (χ0n) is 12.7. The Morgan fingerprint density at radius 2 is 2.12 bits per heavy atom. The minimum atomic E-state index is -0.181. The van der Waals surface area contributed by atoms with Crippen LogP contribution in [0.15, 0.2) is 61.3 Å². The first-order chi connectivity index (χ1) is 11.8. The Balaban J connectivity index is 1.49. The first-order valence-corrected chi connectivity index (χ1v) is 7.46. The molecule has 0 saturated carbocycles. The van der Waals surface area contributed by atoms with E-state index in [-0.39, 0.29) is 5.91 Å². The predicted molar refractivity (Wildman–Crippen MR) is 88.6 cm³/mol. The van der Waals surface area contributed by atoms with Crippen LogP contribution in [-0.2, 0) is 6.54 Å². The molecular weight excluding hydrogens is 304 g/mol. The molecule has 7 heteroatoms. The van der Waals surface area contributed by atoms with Gasteiger partial charge in [0, 0.05) is 24.2 Å². The van der Waals surface area contributed by atoms with Crippen molar-refractivity contribution in [2.45, 2.75) is 6.54 Å². The van der Waals surface area contributed by atoms with Crippen molar-refractivity contribution in [2.24, 2.45) is 0 Å². The summed E-state index contributed by atoms with van der Waals surface area (Å²) in [5.74, 6) is 1.18. The van der Waals surface area contributed by atoms with Crippen LogP contribution in [-0.4, -0.2) is 30.4 Å². The minimum Gasteiger partial charge on any atom is -0.345 e. The van der Waals surface area contributed by atoms with E-state index >= 15 is 0 Å². The molecule has 0 bridgehead atoms. The summed E-state index contributed by atoms with van der Waals surface area (Å²) in [4.78, 5) is 28.2. The third-order valence-electron chi connectivity index (χ3n) is 3.63. The average Bonchev–Trinajstić information content (AvgIpc) is 3.29. The molecule has 0 radical (unpaired) electrons. The second kappa shape index (κ2) is 5.96. The van der Waals surface area contributed by atoms with Crippen molar-refractivity contribution in [1.29, 1.82) is 0 Å². The van der Waals surface area contributed by atoms with Crippen molar-refractivity contribution >= 4 is 16.9 Å². The molecule has 2 N–H and O–H groups in total. The van der Waals surface area contributed by atoms with Crippen LogP contribution in [0.4, 0.5) is 0 Å². The third-order valence-corrected chi connectivity index (χ3v) is 3.63. The predicted octanol–water partition coefficient (Wildman–Crippen LogP) is 2.07. The van der Waals surface area contributed by atoms with Gasteiger partial charge in [-0.05, 0) is 24.3 Å². The lowest BCUT2D eigenvalue weighted by Crippen LogP contribution is -2.23. The highest BCUT2D eigenvalue weighted by Crippen LogP contribution is 2.11. The SMILES string of the molecule is O=C(NCc1nc2ccccc2[nH]1)c1ccnc(-n2ccnc2)c1. The van der Waals surface area contributed by atoms with Crippen LogP contribution in [0.3, 0.4) is 0 Å². The van der Waals surface area contributed by atoms with E-state index in [1.54, 1.807) is 41.6 Å². The first-order valence-electron chi connectivity index (χ1n) is 7.46. The molecule has 118 valence electrons. The minimum absolute atomic E-state index is 0.181. The maximum Gasteiger partial charge on any atom is 0.251 e. The quantitative estimate of drug-likeness (QED) is 0.603. The fourth-order valence-corrected chi connectivity index (χ4v) is 2.45. The van der Waals surface area contributed by atoms with Gasteiger partial charge in [-0.25, -0.2) is 15.0 Å². The van der Waals surface area contributed by atoms with Crippen molar-refractivity contribution in [3.63, 3.8) is 0 Å². The highest BCUT2D eigenvalue weighted by atomic mass is 16.1. The molecule has 0 aliphatic carbocycles. The van der Waals surface area contributed by atoms with E-state index in [1.165, 1.54) is 0 Å². The Morgan fingerprint density at radius 1 is 1.21 bits per heavy atom. The van der Waals surface area contributed by atoms with Gasteiger partial charge < -0.3 is 10.3 Å². The van der Waals surface area contributed by atoms with Crippen molar-refractivity contribution < 1.29 is 4.79 Å². The summed E-state index contributed by atoms with van der Waals surface area (Å²) in [6.45, 7) is 0.330. The molecule has 0 fully saturated rings. The van der Waals surface area contributed by atoms with Crippen molar-refractivity contribution in [1.82, 2.24) is 29.8 Å². The molecule has 3 heterocycles. The standard InChI is InChI=1S/C17H14N6O/c24-17(12-5-6-19-16(9-12)23-8-7-18-11-23)20-10-15-21-13-3-1-2-4-14(13)22-15/h1-9,11H,10H2,(H,20,24)(H,21,22). The van der Waals surface area contributed by atoms with Crippen LogP contribution in [0.2, 0.25) is 0 Å². The van der Waals surface area contributed by atoms with Gasteiger partial charge in [-0.3, -0.25) is 9.36 Å². The monoisotopic (exact) mass is 318 g/mol. The van der Waals surface area contributed by atoms with Gasteiger partial charge in [-0.1, -0.05) is 12.1 Å². The number of rotatable bonds is 4. The van der Waals surface area contributed by atoms with Gasteiger partial charge in [0.1, 0.15) is 18.0 Å². The first kappa shape index (κ1) is 14.1. The number of imidazole rings is 2. The van der Waals surface area contributed by atoms with E-state index in [4.69, 9.17) is 0 Å². The molecule has 0 spiro atoms. The van der Waals surface area contributed by atoms with E-state index in [1.807, 2.05) is 24.3 Å². The van der Waals surface area contributed by atoms with Crippen LogP contribution < -0.4 is 5.32 Å². The van der Waals surface area contributed by atoms with Gasteiger partial charge in [0.25, 0.3) is 5.91 Å². The number of benzene rings is 1. The van der Waals surface area contributed by atoms with Crippen LogP contribution in [0.25, 0.3) is 16.9 Å². The summed E-state index contributed by atoms with van der Waals surface area (Å²) in [5, 5.41) is 2.86. The molecule has 0 atom stereocenters. The number of aromatic amines is 1. The van der Waals surface area contributed by atoms with Crippen molar-refractivity contribution in [2.75, 3.05) is 0 Å². The highest BCUT2D eigenvalue weighted by molar-refractivity contribution is 5.94. The van der Waals surface area contributed by atoms with E-state index < -0.39 is 0 Å². The number of fused-ring (bicyclic) bond motifs is 1. The van der Waals surface area contributed by atoms with Gasteiger partial charge in [-0.2, -0.15) is 0 Å². The largest absolute Gasteiger partial charge is 0.345 e. The molecule has 1 aromatic carbocycles. The van der Waals surface area contributed by atoms with Crippen LogP contribution in [0.1, 0.15) is 16.2 Å². The number of hydrogen-bond acceptors (Lipinski definition) is 4. The molecular formula is C17H14N6O. The second-order valence-electron chi connectivity index (χ2n) is 5.26. The number of nitrogens with one attached hydrogen (secondary N) is 2. The summed E-state index contributed by atoms with van der Waals surface area (Å²) >= 11 is 0. The van der Waals surface area contributed by atoms with Crippen molar-refractivity contribution in [3.05, 3.63) is 72.7 Å². The lowest BCUT2D eigenvalue weighted by molar-refractivity contribution is 0.0950. The normalized spacial score (nSPS) is 10.8. The fourth-order valence-electron chi connectivity index (χ4n) is 2.45. The molecule has 0 unspecified atom stereocenters. The molecule has 7 nitrogen and oxygen atoms in total. The Bertz CT molecular complexity index is 956. The maximum absolute atomic E-state index is 12.3. The molecule has 4 rings (SSSR count). The number of carbonyl (C=O) groups excluding carboxylic acids is 1. The van der Waals surface area contributed by atoms with Gasteiger partial charge in [-0.15, -0.1) is 0 Å². The number of pyridine rings is 1. The smallest absolute Gasteiger partial charge is 0.251 e. The molecule has 3 aromatic heterocycles. The van der Waals surface area contributed by atoms with E-state index in [0.717, 1.165) is 11.0 Å². The van der Waals surface area contributed by atoms with E-state index in [0.29, 0.717) is 23.8 Å². The summed E-state index contributed by atoms with van der Waals surface area (Å²) < 4.78 is 1.75. The summed E-state index contributed by atoms with van der Waals surface area (Å²) in [6.07, 6.45) is 6.68. The molecule has 0 aliphatic heterocycles. The summed E-state index contributed by atoms with van der Waals surface area (Å²) in [6, 6.07) is 11.1. The Labute approximate surface area is 137 Å². The van der Waals surface area contributed by atoms with E-state index in [2.05, 4.69) is 25.3 Å². The van der Waals surface area contributed by atoms with Gasteiger partial charge >= 0.3 is 0 Å². The van der Waals surface area contributed by atoms with Gasteiger partial charge in [0.15, 0.2) is 0 Å². The molecule has 24 heavy (non-hydrogen) atoms. The molecule has 0 aliphatic rings. The Morgan fingerprint density at radius 3 is 2.96 bits per heavy atom. The Hall–Kier alpha value is -3.48. The van der Waals surface area contributed by atoms with Crippen molar-refractivity contribution in [3.8, 4) is 5.82 Å². The summed E-state index contributed by atoms with van der Waals surface area (Å²) in [5.41, 5.74) is 2.37. The number of aromatic nitrogens is 5. The number of carbonyl (C=O) groups is 1. The molecule has 0 saturated heterocycles. The van der Waals surface area contributed by atoms with Crippen LogP contribution in [0.5, 0.6) is 0 Å². The van der Waals surface area contributed by atoms with E-state index in [9.17, 15) is 4.79 Å². The third kappa shape index (κ3) is 2.74. The number of nitrogens with zero attached hydrogens (tertiary/aromatic N) is 4. The number of H-pyrrole nitrogens is 1. The zero-order valence-corrected chi connectivity index (χ0v) is 12.7. The lowest BCUT2D eigenvalue weighted by Gasteiger charge is -2.05. The number of amides is 1. The van der Waals surface area contributed by atoms with Gasteiger partial charge in [0.2, 0.25) is 0 Å². The number of para-hydroxylation sites is 2.